The number of hydrogen-bond acceptors (Lipinski definition) is 4. The van der Waals surface area contributed by atoms with Gasteiger partial charge in [0, 0.05) is 12.6 Å². The Hall–Kier alpha value is -3.72. The maximum atomic E-state index is 14.1. The molecular weight excluding hydrogens is 541 g/mol. The molecule has 0 saturated heterocycles. The quantitative estimate of drug-likeness (QED) is 0.321. The molecule has 0 aliphatic heterocycles. The van der Waals surface area contributed by atoms with E-state index in [2.05, 4.69) is 5.32 Å². The van der Waals surface area contributed by atoms with Crippen molar-refractivity contribution in [2.75, 3.05) is 10.8 Å². The van der Waals surface area contributed by atoms with E-state index < -0.39 is 34.3 Å². The van der Waals surface area contributed by atoms with Gasteiger partial charge in [-0.3, -0.25) is 13.9 Å². The Bertz CT molecular complexity index is 1410. The van der Waals surface area contributed by atoms with Gasteiger partial charge in [0.2, 0.25) is 11.8 Å². The Morgan fingerprint density at radius 3 is 2.17 bits per heavy atom. The number of carbonyl (C=O) groups is 2. The molecule has 0 aromatic heterocycles. The van der Waals surface area contributed by atoms with Crippen molar-refractivity contribution in [1.82, 2.24) is 10.2 Å². The van der Waals surface area contributed by atoms with Gasteiger partial charge in [0.15, 0.2) is 0 Å². The molecule has 4 rings (SSSR count). The first-order chi connectivity index (χ1) is 19.7. The molecule has 1 aliphatic carbocycles. The Labute approximate surface area is 242 Å². The first kappa shape index (κ1) is 30.2. The topological polar surface area (TPSA) is 86.8 Å². The van der Waals surface area contributed by atoms with Crippen LogP contribution >= 0.6 is 0 Å². The van der Waals surface area contributed by atoms with Gasteiger partial charge in [-0.25, -0.2) is 12.8 Å². The Morgan fingerprint density at radius 2 is 1.56 bits per heavy atom. The lowest BCUT2D eigenvalue weighted by Crippen LogP contribution is -2.54. The van der Waals surface area contributed by atoms with Gasteiger partial charge in [0.05, 0.1) is 10.6 Å². The van der Waals surface area contributed by atoms with E-state index in [1.165, 1.54) is 17.0 Å². The molecule has 0 bridgehead atoms. The molecule has 0 heterocycles. The van der Waals surface area contributed by atoms with Crippen molar-refractivity contribution in [2.24, 2.45) is 0 Å². The molecule has 1 N–H and O–H groups in total. The van der Waals surface area contributed by atoms with Crippen molar-refractivity contribution in [1.29, 1.82) is 0 Å². The number of amides is 2. The van der Waals surface area contributed by atoms with Gasteiger partial charge >= 0.3 is 0 Å². The standard InChI is InChI=1S/C32H38FN3O4S/c1-3-30(32(38)34-27-12-8-5-9-13-27)35(22-25-10-6-4-7-11-25)31(37)23-36(28-18-14-24(2)15-19-28)41(39,40)29-20-16-26(33)17-21-29/h4,6-7,10-11,14-21,27,30H,3,5,8-9,12-13,22-23H2,1-2H3,(H,34,38)/t30-/m1/s1. The first-order valence-electron chi connectivity index (χ1n) is 14.2. The number of halogens is 1. The molecule has 218 valence electrons. The number of carbonyl (C=O) groups excluding carboxylic acids is 2. The summed E-state index contributed by atoms with van der Waals surface area (Å²) in [6.45, 7) is 3.35. The molecule has 9 heteroatoms. The molecule has 1 saturated carbocycles. The third-order valence-electron chi connectivity index (χ3n) is 7.54. The van der Waals surface area contributed by atoms with Crippen LogP contribution < -0.4 is 9.62 Å². The summed E-state index contributed by atoms with van der Waals surface area (Å²) in [5, 5.41) is 3.14. The number of aryl methyl sites for hydroxylation is 1. The van der Waals surface area contributed by atoms with Gasteiger partial charge in [0.25, 0.3) is 10.0 Å². The predicted molar refractivity (Wildman–Crippen MR) is 158 cm³/mol. The highest BCUT2D eigenvalue weighted by molar-refractivity contribution is 7.92. The van der Waals surface area contributed by atoms with Crippen molar-refractivity contribution in [2.45, 2.75) is 75.9 Å². The molecule has 0 spiro atoms. The van der Waals surface area contributed by atoms with Crippen LogP contribution in [0.2, 0.25) is 0 Å². The maximum absolute atomic E-state index is 14.1. The Kier molecular flexibility index (Phi) is 10.2. The van der Waals surface area contributed by atoms with E-state index in [0.717, 1.165) is 59.7 Å². The summed E-state index contributed by atoms with van der Waals surface area (Å²) < 4.78 is 42.3. The second kappa shape index (κ2) is 13.8. The van der Waals surface area contributed by atoms with E-state index in [9.17, 15) is 22.4 Å². The lowest BCUT2D eigenvalue weighted by Gasteiger charge is -2.34. The van der Waals surface area contributed by atoms with Crippen molar-refractivity contribution in [3.05, 3.63) is 95.8 Å². The number of anilines is 1. The maximum Gasteiger partial charge on any atom is 0.264 e. The van der Waals surface area contributed by atoms with E-state index in [4.69, 9.17) is 0 Å². The average molecular weight is 580 g/mol. The van der Waals surface area contributed by atoms with Crippen LogP contribution in [0.4, 0.5) is 10.1 Å². The summed E-state index contributed by atoms with van der Waals surface area (Å²) in [5.74, 6) is -1.30. The van der Waals surface area contributed by atoms with Crippen LogP contribution in [0.1, 0.15) is 56.6 Å². The molecule has 0 radical (unpaired) electrons. The number of hydrogen-bond donors (Lipinski definition) is 1. The van der Waals surface area contributed by atoms with E-state index >= 15 is 0 Å². The third kappa shape index (κ3) is 7.73. The number of rotatable bonds is 11. The summed E-state index contributed by atoms with van der Waals surface area (Å²) in [6, 6.07) is 20.0. The monoisotopic (exact) mass is 579 g/mol. The predicted octanol–water partition coefficient (Wildman–Crippen LogP) is 5.59. The van der Waals surface area contributed by atoms with Crippen molar-refractivity contribution < 1.29 is 22.4 Å². The molecule has 7 nitrogen and oxygen atoms in total. The second-order valence-corrected chi connectivity index (χ2v) is 12.4. The largest absolute Gasteiger partial charge is 0.352 e. The van der Waals surface area contributed by atoms with Gasteiger partial charge < -0.3 is 10.2 Å². The molecule has 1 atom stereocenters. The highest BCUT2D eigenvalue weighted by Gasteiger charge is 2.34. The van der Waals surface area contributed by atoms with Crippen molar-refractivity contribution in [3.63, 3.8) is 0 Å². The second-order valence-electron chi connectivity index (χ2n) is 10.6. The Morgan fingerprint density at radius 1 is 0.927 bits per heavy atom. The van der Waals surface area contributed by atoms with Crippen LogP contribution in [0.25, 0.3) is 0 Å². The van der Waals surface area contributed by atoms with E-state index in [-0.39, 0.29) is 23.4 Å². The highest BCUT2D eigenvalue weighted by atomic mass is 32.2. The Balaban J connectivity index is 1.68. The summed E-state index contributed by atoms with van der Waals surface area (Å²) in [6.07, 6.45) is 5.45. The fraction of sp³-hybridized carbons (Fsp3) is 0.375. The lowest BCUT2D eigenvalue weighted by molar-refractivity contribution is -0.140. The molecule has 2 amide bonds. The van der Waals surface area contributed by atoms with Crippen LogP contribution in [0.3, 0.4) is 0 Å². The molecule has 3 aromatic carbocycles. The summed E-state index contributed by atoms with van der Waals surface area (Å²) >= 11 is 0. The van der Waals surface area contributed by atoms with Gasteiger partial charge in [-0.1, -0.05) is 74.2 Å². The van der Waals surface area contributed by atoms with Crippen LogP contribution in [0.5, 0.6) is 0 Å². The smallest absolute Gasteiger partial charge is 0.264 e. The van der Waals surface area contributed by atoms with Crippen molar-refractivity contribution >= 4 is 27.5 Å². The number of benzene rings is 3. The minimum absolute atomic E-state index is 0.0712. The van der Waals surface area contributed by atoms with Gasteiger partial charge in [-0.15, -0.1) is 0 Å². The minimum atomic E-state index is -4.24. The fourth-order valence-electron chi connectivity index (χ4n) is 5.22. The number of nitrogens with zero attached hydrogens (tertiary/aromatic N) is 2. The molecule has 1 aliphatic rings. The molecular formula is C32H38FN3O4S. The number of nitrogens with one attached hydrogen (secondary N) is 1. The zero-order valence-electron chi connectivity index (χ0n) is 23.6. The molecule has 0 unspecified atom stereocenters. The molecule has 3 aromatic rings. The fourth-order valence-corrected chi connectivity index (χ4v) is 6.63. The lowest BCUT2D eigenvalue weighted by atomic mass is 9.95. The van der Waals surface area contributed by atoms with Crippen molar-refractivity contribution in [3.8, 4) is 0 Å². The molecule has 41 heavy (non-hydrogen) atoms. The SMILES string of the molecule is CC[C@H](C(=O)NC1CCCCC1)N(Cc1ccccc1)C(=O)CN(c1ccc(C)cc1)S(=O)(=O)c1ccc(F)cc1. The zero-order valence-corrected chi connectivity index (χ0v) is 24.4. The third-order valence-corrected chi connectivity index (χ3v) is 9.32. The molecule has 1 fully saturated rings. The zero-order chi connectivity index (χ0) is 29.4. The van der Waals surface area contributed by atoms with Crippen LogP contribution in [-0.2, 0) is 26.2 Å². The first-order valence-corrected chi connectivity index (χ1v) is 15.6. The van der Waals surface area contributed by atoms with Crippen LogP contribution in [0, 0.1) is 12.7 Å². The summed E-state index contributed by atoms with van der Waals surface area (Å²) in [5.41, 5.74) is 2.05. The van der Waals surface area contributed by atoms with E-state index in [0.29, 0.717) is 12.1 Å². The minimum Gasteiger partial charge on any atom is -0.352 e. The van der Waals surface area contributed by atoms with Crippen LogP contribution in [0.15, 0.2) is 83.8 Å². The normalized spacial score (nSPS) is 14.7. The van der Waals surface area contributed by atoms with Crippen LogP contribution in [-0.4, -0.2) is 43.8 Å². The van der Waals surface area contributed by atoms with Gasteiger partial charge in [-0.05, 0) is 68.1 Å². The van der Waals surface area contributed by atoms with E-state index in [1.54, 1.807) is 24.3 Å². The average Bonchev–Trinajstić information content (AvgIpc) is 2.97. The highest BCUT2D eigenvalue weighted by Crippen LogP contribution is 2.26. The summed E-state index contributed by atoms with van der Waals surface area (Å²) in [4.78, 5) is 29.0. The van der Waals surface area contributed by atoms with Gasteiger partial charge in [0.1, 0.15) is 18.4 Å². The number of sulfonamides is 1. The van der Waals surface area contributed by atoms with Gasteiger partial charge in [-0.2, -0.15) is 0 Å². The summed E-state index contributed by atoms with van der Waals surface area (Å²) in [7, 11) is -4.24. The van der Waals surface area contributed by atoms with E-state index in [1.807, 2.05) is 44.2 Å².